The predicted molar refractivity (Wildman–Crippen MR) is 76.8 cm³/mol. The Balaban J connectivity index is 2.49. The topological polar surface area (TPSA) is 77.3 Å². The van der Waals surface area contributed by atoms with E-state index in [1.807, 2.05) is 0 Å². The van der Waals surface area contributed by atoms with E-state index in [0.29, 0.717) is 9.79 Å². The van der Waals surface area contributed by atoms with Crippen molar-refractivity contribution < 1.29 is 13.3 Å². The van der Waals surface area contributed by atoms with Gasteiger partial charge in [0.2, 0.25) is 0 Å². The zero-order valence-corrected chi connectivity index (χ0v) is 12.1. The van der Waals surface area contributed by atoms with Gasteiger partial charge in [0.05, 0.1) is 14.7 Å². The molecular weight excluding hydrogens is 298 g/mol. The van der Waals surface area contributed by atoms with Gasteiger partial charge in [-0.3, -0.25) is 10.1 Å². The number of rotatable bonds is 4. The van der Waals surface area contributed by atoms with Crippen LogP contribution in [0, 0.1) is 10.1 Å². The third-order valence-electron chi connectivity index (χ3n) is 2.53. The highest BCUT2D eigenvalue weighted by Gasteiger charge is 2.18. The quantitative estimate of drug-likeness (QED) is 0.640. The van der Waals surface area contributed by atoms with Crippen molar-refractivity contribution in [3.05, 3.63) is 58.6 Å². The summed E-state index contributed by atoms with van der Waals surface area (Å²) < 4.78 is 23.4. The van der Waals surface area contributed by atoms with Crippen LogP contribution in [0.25, 0.3) is 0 Å². The van der Waals surface area contributed by atoms with Gasteiger partial charge in [0.15, 0.2) is 9.84 Å². The van der Waals surface area contributed by atoms with Crippen molar-refractivity contribution in [3.63, 3.8) is 0 Å². The summed E-state index contributed by atoms with van der Waals surface area (Å²) in [5.74, 6) is 0. The lowest BCUT2D eigenvalue weighted by atomic mass is 10.3. The first kappa shape index (κ1) is 14.5. The van der Waals surface area contributed by atoms with Gasteiger partial charge in [-0.2, -0.15) is 0 Å². The minimum Gasteiger partial charge on any atom is -0.258 e. The molecule has 0 aliphatic carbocycles. The molecule has 0 saturated carbocycles. The molecule has 0 aromatic heterocycles. The second kappa shape index (κ2) is 5.64. The van der Waals surface area contributed by atoms with Gasteiger partial charge in [-0.25, -0.2) is 8.42 Å². The molecule has 0 N–H and O–H groups in total. The van der Waals surface area contributed by atoms with E-state index < -0.39 is 14.8 Å². The smallest absolute Gasteiger partial charge is 0.258 e. The van der Waals surface area contributed by atoms with Crippen molar-refractivity contribution in [2.24, 2.45) is 0 Å². The number of para-hydroxylation sites is 1. The third-order valence-corrected chi connectivity index (χ3v) is 4.96. The number of sulfone groups is 1. The Morgan fingerprint density at radius 1 is 1.00 bits per heavy atom. The van der Waals surface area contributed by atoms with E-state index in [1.165, 1.54) is 12.1 Å². The molecule has 2 aromatic carbocycles. The maximum Gasteiger partial charge on any atom is 0.283 e. The lowest BCUT2D eigenvalue weighted by Crippen LogP contribution is -1.99. The maximum atomic E-state index is 11.7. The van der Waals surface area contributed by atoms with E-state index >= 15 is 0 Å². The summed E-state index contributed by atoms with van der Waals surface area (Å²) in [6.45, 7) is 0. The molecular formula is C13H11NO4S2. The van der Waals surface area contributed by atoms with Crippen molar-refractivity contribution in [3.8, 4) is 0 Å². The number of hydrogen-bond donors (Lipinski definition) is 0. The van der Waals surface area contributed by atoms with Crippen LogP contribution in [0.4, 0.5) is 5.69 Å². The second-order valence-corrected chi connectivity index (χ2v) is 7.11. The number of benzene rings is 2. The number of nitro groups is 1. The van der Waals surface area contributed by atoms with E-state index in [1.54, 1.807) is 36.4 Å². The fourth-order valence-electron chi connectivity index (χ4n) is 1.65. The molecule has 7 heteroatoms. The molecule has 0 bridgehead atoms. The van der Waals surface area contributed by atoms with Crippen molar-refractivity contribution in [1.29, 1.82) is 0 Å². The largest absolute Gasteiger partial charge is 0.283 e. The molecule has 20 heavy (non-hydrogen) atoms. The van der Waals surface area contributed by atoms with Gasteiger partial charge in [-0.1, -0.05) is 36.0 Å². The molecule has 0 atom stereocenters. The highest BCUT2D eigenvalue weighted by Crippen LogP contribution is 2.37. The van der Waals surface area contributed by atoms with Crippen LogP contribution in [0.1, 0.15) is 0 Å². The summed E-state index contributed by atoms with van der Waals surface area (Å²) in [6.07, 6.45) is 1.12. The number of nitro benzene ring substituents is 1. The van der Waals surface area contributed by atoms with Gasteiger partial charge >= 0.3 is 0 Å². The molecule has 0 saturated heterocycles. The van der Waals surface area contributed by atoms with Crippen molar-refractivity contribution >= 4 is 27.3 Å². The van der Waals surface area contributed by atoms with Crippen LogP contribution in [0.15, 0.2) is 63.2 Å². The molecule has 0 aliphatic rings. The first-order valence-electron chi connectivity index (χ1n) is 5.60. The van der Waals surface area contributed by atoms with Crippen LogP contribution in [0.5, 0.6) is 0 Å². The normalized spacial score (nSPS) is 11.2. The number of nitrogens with zero attached hydrogens (tertiary/aromatic N) is 1. The van der Waals surface area contributed by atoms with Gasteiger partial charge < -0.3 is 0 Å². The monoisotopic (exact) mass is 309 g/mol. The molecule has 0 radical (unpaired) electrons. The first-order valence-corrected chi connectivity index (χ1v) is 8.31. The fraction of sp³-hybridized carbons (Fsp3) is 0.0769. The molecule has 0 heterocycles. The Kier molecular flexibility index (Phi) is 4.10. The SMILES string of the molecule is CS(=O)(=O)c1ccccc1Sc1ccccc1[N+](=O)[O-]. The average Bonchev–Trinajstić information content (AvgIpc) is 2.38. The van der Waals surface area contributed by atoms with Crippen LogP contribution in [-0.4, -0.2) is 19.6 Å². The standard InChI is InChI=1S/C13H11NO4S2/c1-20(17,18)13-9-5-4-8-12(13)19-11-7-3-2-6-10(11)14(15)16/h2-9H,1H3. The van der Waals surface area contributed by atoms with Gasteiger partial charge in [0.25, 0.3) is 5.69 Å². The molecule has 0 spiro atoms. The van der Waals surface area contributed by atoms with Crippen molar-refractivity contribution in [1.82, 2.24) is 0 Å². The molecule has 0 unspecified atom stereocenters. The molecule has 0 fully saturated rings. The van der Waals surface area contributed by atoms with Crippen LogP contribution in [-0.2, 0) is 9.84 Å². The molecule has 2 aromatic rings. The molecule has 0 amide bonds. The Labute approximate surface area is 120 Å². The average molecular weight is 309 g/mol. The zero-order valence-electron chi connectivity index (χ0n) is 10.5. The van der Waals surface area contributed by atoms with E-state index in [4.69, 9.17) is 0 Å². The van der Waals surface area contributed by atoms with E-state index in [9.17, 15) is 18.5 Å². The van der Waals surface area contributed by atoms with Gasteiger partial charge in [-0.15, -0.1) is 0 Å². The fourth-order valence-corrected chi connectivity index (χ4v) is 3.94. The van der Waals surface area contributed by atoms with Gasteiger partial charge in [0.1, 0.15) is 0 Å². The molecule has 5 nitrogen and oxygen atoms in total. The minimum atomic E-state index is -3.38. The van der Waals surface area contributed by atoms with Crippen molar-refractivity contribution in [2.75, 3.05) is 6.26 Å². The lowest BCUT2D eigenvalue weighted by Gasteiger charge is -2.07. The van der Waals surface area contributed by atoms with Gasteiger partial charge in [-0.05, 0) is 18.2 Å². The van der Waals surface area contributed by atoms with Crippen LogP contribution >= 0.6 is 11.8 Å². The van der Waals surface area contributed by atoms with Crippen LogP contribution in [0.3, 0.4) is 0 Å². The Hall–Kier alpha value is -1.86. The van der Waals surface area contributed by atoms with E-state index in [2.05, 4.69) is 0 Å². The zero-order chi connectivity index (χ0) is 14.8. The molecule has 2 rings (SSSR count). The number of hydrogen-bond acceptors (Lipinski definition) is 5. The highest BCUT2D eigenvalue weighted by molar-refractivity contribution is 8.00. The Morgan fingerprint density at radius 2 is 1.55 bits per heavy atom. The van der Waals surface area contributed by atoms with E-state index in [-0.39, 0.29) is 10.6 Å². The lowest BCUT2D eigenvalue weighted by molar-refractivity contribution is -0.387. The van der Waals surface area contributed by atoms with Crippen molar-refractivity contribution in [2.45, 2.75) is 14.7 Å². The maximum absolute atomic E-state index is 11.7. The Bertz CT molecular complexity index is 756. The Morgan fingerprint density at radius 3 is 2.15 bits per heavy atom. The summed E-state index contributed by atoms with van der Waals surface area (Å²) in [5.41, 5.74) is -0.0409. The first-order chi connectivity index (χ1) is 9.39. The minimum absolute atomic E-state index is 0.0409. The molecule has 104 valence electrons. The second-order valence-electron chi connectivity index (χ2n) is 4.05. The third kappa shape index (κ3) is 3.17. The van der Waals surface area contributed by atoms with Crippen LogP contribution < -0.4 is 0 Å². The highest BCUT2D eigenvalue weighted by atomic mass is 32.2. The summed E-state index contributed by atoms with van der Waals surface area (Å²) in [5, 5.41) is 11.0. The molecule has 0 aliphatic heterocycles. The summed E-state index contributed by atoms with van der Waals surface area (Å²) in [4.78, 5) is 11.5. The van der Waals surface area contributed by atoms with Crippen LogP contribution in [0.2, 0.25) is 0 Å². The van der Waals surface area contributed by atoms with Gasteiger partial charge in [0, 0.05) is 17.2 Å². The summed E-state index contributed by atoms with van der Waals surface area (Å²) in [6, 6.07) is 12.7. The summed E-state index contributed by atoms with van der Waals surface area (Å²) >= 11 is 1.08. The summed E-state index contributed by atoms with van der Waals surface area (Å²) in [7, 11) is -3.38. The van der Waals surface area contributed by atoms with E-state index in [0.717, 1.165) is 18.0 Å². The predicted octanol–water partition coefficient (Wildman–Crippen LogP) is 3.15.